The maximum absolute atomic E-state index is 6.25. The van der Waals surface area contributed by atoms with Gasteiger partial charge in [-0.25, -0.2) is 0 Å². The van der Waals surface area contributed by atoms with E-state index >= 15 is 0 Å². The Morgan fingerprint density at radius 1 is 1.20 bits per heavy atom. The molecule has 0 saturated carbocycles. The molecule has 1 aromatic heterocycles. The molecule has 2 rings (SSSR count). The first kappa shape index (κ1) is 14.8. The van der Waals surface area contributed by atoms with E-state index in [1.165, 1.54) is 0 Å². The second-order valence-electron chi connectivity index (χ2n) is 4.74. The van der Waals surface area contributed by atoms with Crippen molar-refractivity contribution in [3.8, 4) is 0 Å². The number of nitrogens with zero attached hydrogens (tertiary/aromatic N) is 1. The summed E-state index contributed by atoms with van der Waals surface area (Å²) in [4.78, 5) is 4.71. The van der Waals surface area contributed by atoms with E-state index < -0.39 is 0 Å². The van der Waals surface area contributed by atoms with Crippen molar-refractivity contribution < 1.29 is 0 Å². The summed E-state index contributed by atoms with van der Waals surface area (Å²) in [5.74, 6) is 0. The lowest BCUT2D eigenvalue weighted by Gasteiger charge is -2.15. The molecule has 0 saturated heterocycles. The second kappa shape index (κ2) is 5.77. The van der Waals surface area contributed by atoms with Gasteiger partial charge in [0.25, 0.3) is 0 Å². The summed E-state index contributed by atoms with van der Waals surface area (Å²) in [6, 6.07) is 7.75. The molecule has 0 unspecified atom stereocenters. The number of aryl methyl sites for hydroxylation is 3. The van der Waals surface area contributed by atoms with Gasteiger partial charge in [-0.1, -0.05) is 29.9 Å². The third-order valence-electron chi connectivity index (χ3n) is 2.97. The minimum Gasteiger partial charge on any atom is -0.389 e. The van der Waals surface area contributed by atoms with E-state index in [1.54, 1.807) is 0 Å². The van der Waals surface area contributed by atoms with Crippen molar-refractivity contribution in [3.63, 3.8) is 0 Å². The van der Waals surface area contributed by atoms with Crippen LogP contribution in [0.3, 0.4) is 0 Å². The summed E-state index contributed by atoms with van der Waals surface area (Å²) in [6.07, 6.45) is 0. The lowest BCUT2D eigenvalue weighted by molar-refractivity contribution is 1.12. The number of rotatable bonds is 3. The lowest BCUT2D eigenvalue weighted by Crippen LogP contribution is -2.15. The molecular weight excluding hydrogens is 290 g/mol. The smallest absolute Gasteiger partial charge is 0.107 e. The van der Waals surface area contributed by atoms with Crippen LogP contribution in [-0.2, 0) is 0 Å². The lowest BCUT2D eigenvalue weighted by atomic mass is 10.1. The van der Waals surface area contributed by atoms with Crippen molar-refractivity contribution >= 4 is 40.2 Å². The van der Waals surface area contributed by atoms with E-state index in [0.717, 1.165) is 33.9 Å². The average molecular weight is 306 g/mol. The molecular formula is C15H16ClN3S. The van der Waals surface area contributed by atoms with Crippen molar-refractivity contribution in [2.45, 2.75) is 20.8 Å². The first-order valence-electron chi connectivity index (χ1n) is 6.19. The van der Waals surface area contributed by atoms with E-state index in [4.69, 9.17) is 29.6 Å². The summed E-state index contributed by atoms with van der Waals surface area (Å²) < 4.78 is 0. The molecule has 0 fully saturated rings. The minimum atomic E-state index is 0.320. The molecule has 0 aliphatic rings. The zero-order valence-electron chi connectivity index (χ0n) is 11.6. The standard InChI is InChI=1S/C15H16ClN3S/c1-8-4-5-12(11(16)6-8)19-13-7-9(2)18-10(3)14(13)15(17)20/h4-7H,1-3H3,(H2,17,20)(H,18,19). The SMILES string of the molecule is Cc1ccc(Nc2cc(C)nc(C)c2C(N)=S)c(Cl)c1. The molecule has 1 aromatic carbocycles. The zero-order chi connectivity index (χ0) is 14.9. The number of anilines is 2. The van der Waals surface area contributed by atoms with Crippen molar-refractivity contribution in [2.75, 3.05) is 5.32 Å². The fourth-order valence-electron chi connectivity index (χ4n) is 2.10. The van der Waals surface area contributed by atoms with Crippen molar-refractivity contribution in [1.82, 2.24) is 4.98 Å². The largest absolute Gasteiger partial charge is 0.389 e. The van der Waals surface area contributed by atoms with Gasteiger partial charge >= 0.3 is 0 Å². The highest BCUT2D eigenvalue weighted by Gasteiger charge is 2.12. The molecule has 0 spiro atoms. The minimum absolute atomic E-state index is 0.320. The maximum Gasteiger partial charge on any atom is 0.107 e. The second-order valence-corrected chi connectivity index (χ2v) is 5.59. The molecule has 0 aliphatic carbocycles. The van der Waals surface area contributed by atoms with Gasteiger partial charge < -0.3 is 11.1 Å². The summed E-state index contributed by atoms with van der Waals surface area (Å²) >= 11 is 11.4. The Labute approximate surface area is 129 Å². The van der Waals surface area contributed by atoms with Crippen LogP contribution in [-0.4, -0.2) is 9.97 Å². The number of aromatic nitrogens is 1. The van der Waals surface area contributed by atoms with Gasteiger partial charge in [0.2, 0.25) is 0 Å². The summed E-state index contributed by atoms with van der Waals surface area (Å²) in [6.45, 7) is 5.82. The molecule has 0 amide bonds. The number of thiocarbonyl (C=S) groups is 1. The first-order chi connectivity index (χ1) is 9.38. The number of nitrogens with two attached hydrogens (primary N) is 1. The van der Waals surface area contributed by atoms with E-state index in [1.807, 2.05) is 45.0 Å². The predicted octanol–water partition coefficient (Wildman–Crippen LogP) is 4.04. The van der Waals surface area contributed by atoms with Gasteiger partial charge in [-0.2, -0.15) is 0 Å². The summed E-state index contributed by atoms with van der Waals surface area (Å²) in [5.41, 5.74) is 11.0. The van der Waals surface area contributed by atoms with Crippen LogP contribution >= 0.6 is 23.8 Å². The molecule has 20 heavy (non-hydrogen) atoms. The highest BCUT2D eigenvalue weighted by Crippen LogP contribution is 2.29. The number of benzene rings is 1. The Morgan fingerprint density at radius 2 is 1.90 bits per heavy atom. The Balaban J connectivity index is 2.50. The van der Waals surface area contributed by atoms with Gasteiger partial charge in [-0.05, 0) is 44.5 Å². The Kier molecular flexibility index (Phi) is 4.26. The quantitative estimate of drug-likeness (QED) is 0.840. The molecule has 0 atom stereocenters. The number of halogens is 1. The molecule has 5 heteroatoms. The van der Waals surface area contributed by atoms with E-state index in [-0.39, 0.29) is 0 Å². The monoisotopic (exact) mass is 305 g/mol. The summed E-state index contributed by atoms with van der Waals surface area (Å²) in [5, 5.41) is 3.95. The van der Waals surface area contributed by atoms with Gasteiger partial charge in [0.05, 0.1) is 22.0 Å². The highest BCUT2D eigenvalue weighted by molar-refractivity contribution is 7.80. The van der Waals surface area contributed by atoms with Crippen LogP contribution in [0.1, 0.15) is 22.5 Å². The van der Waals surface area contributed by atoms with E-state index in [2.05, 4.69) is 10.3 Å². The highest BCUT2D eigenvalue weighted by atomic mass is 35.5. The molecule has 0 radical (unpaired) electrons. The van der Waals surface area contributed by atoms with Gasteiger partial charge in [0.15, 0.2) is 0 Å². The van der Waals surface area contributed by atoms with Crippen LogP contribution in [0.25, 0.3) is 0 Å². The normalized spacial score (nSPS) is 10.4. The number of nitrogens with one attached hydrogen (secondary N) is 1. The topological polar surface area (TPSA) is 50.9 Å². The number of pyridine rings is 1. The molecule has 0 bridgehead atoms. The predicted molar refractivity (Wildman–Crippen MR) is 89.1 cm³/mol. The molecule has 3 N–H and O–H groups in total. The molecule has 0 aliphatic heterocycles. The van der Waals surface area contributed by atoms with Crippen LogP contribution in [0.5, 0.6) is 0 Å². The third-order valence-corrected chi connectivity index (χ3v) is 3.49. The van der Waals surface area contributed by atoms with Crippen molar-refractivity contribution in [3.05, 3.63) is 51.8 Å². The third kappa shape index (κ3) is 3.08. The van der Waals surface area contributed by atoms with Crippen molar-refractivity contribution in [1.29, 1.82) is 0 Å². The van der Waals surface area contributed by atoms with Crippen LogP contribution in [0.2, 0.25) is 5.02 Å². The Morgan fingerprint density at radius 3 is 2.50 bits per heavy atom. The van der Waals surface area contributed by atoms with Gasteiger partial charge in [-0.3, -0.25) is 4.98 Å². The molecule has 3 nitrogen and oxygen atoms in total. The fourth-order valence-corrected chi connectivity index (χ4v) is 2.64. The molecule has 104 valence electrons. The van der Waals surface area contributed by atoms with E-state index in [9.17, 15) is 0 Å². The van der Waals surface area contributed by atoms with Crippen LogP contribution < -0.4 is 11.1 Å². The molecule has 1 heterocycles. The summed E-state index contributed by atoms with van der Waals surface area (Å²) in [7, 11) is 0. The Bertz CT molecular complexity index is 683. The average Bonchev–Trinajstić information content (AvgIpc) is 2.31. The van der Waals surface area contributed by atoms with Gasteiger partial charge in [-0.15, -0.1) is 0 Å². The van der Waals surface area contributed by atoms with Crippen LogP contribution in [0.4, 0.5) is 11.4 Å². The van der Waals surface area contributed by atoms with Crippen molar-refractivity contribution in [2.24, 2.45) is 5.73 Å². The van der Waals surface area contributed by atoms with Crippen LogP contribution in [0, 0.1) is 20.8 Å². The van der Waals surface area contributed by atoms with Gasteiger partial charge in [0.1, 0.15) is 4.99 Å². The molecule has 2 aromatic rings. The first-order valence-corrected chi connectivity index (χ1v) is 6.98. The maximum atomic E-state index is 6.25. The zero-order valence-corrected chi connectivity index (χ0v) is 13.2. The van der Waals surface area contributed by atoms with Crippen LogP contribution in [0.15, 0.2) is 24.3 Å². The number of hydrogen-bond acceptors (Lipinski definition) is 3. The van der Waals surface area contributed by atoms with Gasteiger partial charge in [0, 0.05) is 11.4 Å². The Hall–Kier alpha value is -1.65. The van der Waals surface area contributed by atoms with E-state index in [0.29, 0.717) is 10.0 Å². The fraction of sp³-hybridized carbons (Fsp3) is 0.200. The number of hydrogen-bond donors (Lipinski definition) is 2.